The zero-order chi connectivity index (χ0) is 25.3. The first kappa shape index (κ1) is 25.1. The van der Waals surface area contributed by atoms with Crippen LogP contribution in [0.5, 0.6) is 0 Å². The van der Waals surface area contributed by atoms with E-state index < -0.39 is 22.6 Å². The molecule has 1 unspecified atom stereocenters. The number of unbranched alkanes of at least 4 members (excludes halogenated alkanes) is 1. The maximum atomic E-state index is 14.2. The Morgan fingerprint density at radius 3 is 2.50 bits per heavy atom. The summed E-state index contributed by atoms with van der Waals surface area (Å²) in [6.07, 6.45) is 10.3. The Hall–Kier alpha value is -2.58. The predicted molar refractivity (Wildman–Crippen MR) is 140 cm³/mol. The maximum absolute atomic E-state index is 14.2. The number of carbonyl (C=O) groups excluding carboxylic acids is 3. The Balaban J connectivity index is 1.53. The summed E-state index contributed by atoms with van der Waals surface area (Å²) in [5.74, 6) is -1.18. The summed E-state index contributed by atoms with van der Waals surface area (Å²) in [6, 6.07) is 9.24. The first-order chi connectivity index (χ1) is 17.5. The molecule has 4 aliphatic rings. The van der Waals surface area contributed by atoms with Gasteiger partial charge in [-0.25, -0.2) is 0 Å². The first-order valence-electron chi connectivity index (χ1n) is 13.1. The number of aliphatic hydroxyl groups is 1. The first-order valence-corrected chi connectivity index (χ1v) is 13.9. The van der Waals surface area contributed by atoms with Crippen LogP contribution < -0.4 is 0 Å². The van der Waals surface area contributed by atoms with E-state index in [0.717, 1.165) is 12.0 Å². The summed E-state index contributed by atoms with van der Waals surface area (Å²) in [4.78, 5) is 47.5. The van der Waals surface area contributed by atoms with Crippen LogP contribution in [-0.4, -0.2) is 86.4 Å². The molecule has 0 saturated carbocycles. The van der Waals surface area contributed by atoms with E-state index in [2.05, 4.69) is 19.1 Å². The number of hydrogen-bond donors (Lipinski definition) is 1. The second kappa shape index (κ2) is 10.4. The van der Waals surface area contributed by atoms with E-state index in [9.17, 15) is 19.5 Å². The van der Waals surface area contributed by atoms with Crippen LogP contribution in [0.15, 0.2) is 54.6 Å². The summed E-state index contributed by atoms with van der Waals surface area (Å²) in [5.41, 5.74) is 1.04. The van der Waals surface area contributed by atoms with Crippen molar-refractivity contribution in [3.8, 4) is 0 Å². The lowest BCUT2D eigenvalue weighted by Gasteiger charge is -2.35. The van der Waals surface area contributed by atoms with Gasteiger partial charge in [0.2, 0.25) is 17.7 Å². The lowest BCUT2D eigenvalue weighted by atomic mass is 9.78. The molecule has 36 heavy (non-hydrogen) atoms. The number of nitrogens with zero attached hydrogens (tertiary/aromatic N) is 3. The molecular weight excluding hydrogens is 474 g/mol. The van der Waals surface area contributed by atoms with Crippen molar-refractivity contribution in [3.05, 3.63) is 60.2 Å². The smallest absolute Gasteiger partial charge is 0.247 e. The highest BCUT2D eigenvalue weighted by atomic mass is 32.2. The minimum Gasteiger partial charge on any atom is -0.396 e. The van der Waals surface area contributed by atoms with E-state index in [4.69, 9.17) is 0 Å². The second-order valence-corrected chi connectivity index (χ2v) is 11.6. The number of amides is 3. The van der Waals surface area contributed by atoms with Crippen LogP contribution in [0.25, 0.3) is 0 Å². The number of fused-ring (bicyclic) bond motifs is 2. The molecule has 1 spiro atoms. The van der Waals surface area contributed by atoms with Gasteiger partial charge in [0.15, 0.2) is 0 Å². The monoisotopic (exact) mass is 509 g/mol. The van der Waals surface area contributed by atoms with Gasteiger partial charge in [0.1, 0.15) is 6.04 Å². The van der Waals surface area contributed by atoms with Crippen molar-refractivity contribution in [1.82, 2.24) is 14.7 Å². The lowest BCUT2D eigenvalue weighted by molar-refractivity contribution is -0.144. The molecule has 3 amide bonds. The fourth-order valence-electron chi connectivity index (χ4n) is 6.29. The normalized spacial score (nSPS) is 31.4. The van der Waals surface area contributed by atoms with Crippen LogP contribution in [0.3, 0.4) is 0 Å². The van der Waals surface area contributed by atoms with Crippen molar-refractivity contribution in [3.63, 3.8) is 0 Å². The maximum Gasteiger partial charge on any atom is 0.247 e. The molecule has 2 saturated heterocycles. The van der Waals surface area contributed by atoms with Crippen molar-refractivity contribution in [2.75, 3.05) is 32.8 Å². The van der Waals surface area contributed by atoms with Crippen molar-refractivity contribution in [1.29, 1.82) is 0 Å². The molecule has 7 nitrogen and oxygen atoms in total. The molecule has 0 aliphatic carbocycles. The molecule has 5 atom stereocenters. The van der Waals surface area contributed by atoms with E-state index in [1.165, 1.54) is 0 Å². The summed E-state index contributed by atoms with van der Waals surface area (Å²) >= 11 is 1.63. The van der Waals surface area contributed by atoms with Crippen LogP contribution >= 0.6 is 11.8 Å². The van der Waals surface area contributed by atoms with E-state index in [1.54, 1.807) is 16.7 Å². The highest BCUT2D eigenvalue weighted by molar-refractivity contribution is 8.02. The number of rotatable bonds is 8. The van der Waals surface area contributed by atoms with Gasteiger partial charge in [-0.05, 0) is 24.8 Å². The summed E-state index contributed by atoms with van der Waals surface area (Å²) < 4.78 is -0.774. The molecule has 4 heterocycles. The third-order valence-electron chi connectivity index (χ3n) is 7.84. The SMILES string of the molecule is CCCN1CC=C[C@@H]2S[C@]34C=CCN(Cc5ccccc5)C(=O)C3N(CCCCO)C(=O)[C@@H]4[C@@H]2C1=O. The van der Waals surface area contributed by atoms with E-state index in [1.807, 2.05) is 52.3 Å². The van der Waals surface area contributed by atoms with Gasteiger partial charge in [0.25, 0.3) is 0 Å². The molecule has 192 valence electrons. The van der Waals surface area contributed by atoms with Crippen LogP contribution in [0.2, 0.25) is 0 Å². The van der Waals surface area contributed by atoms with E-state index >= 15 is 0 Å². The van der Waals surface area contributed by atoms with Crippen molar-refractivity contribution >= 4 is 29.5 Å². The molecule has 1 aromatic carbocycles. The predicted octanol–water partition coefficient (Wildman–Crippen LogP) is 2.46. The number of carbonyl (C=O) groups is 3. The third kappa shape index (κ3) is 4.18. The van der Waals surface area contributed by atoms with E-state index in [-0.39, 0.29) is 29.6 Å². The van der Waals surface area contributed by atoms with Gasteiger partial charge in [-0.3, -0.25) is 14.4 Å². The average Bonchev–Trinajstić information content (AvgIpc) is 3.20. The minimum absolute atomic E-state index is 0.0248. The van der Waals surface area contributed by atoms with Gasteiger partial charge in [-0.1, -0.05) is 61.6 Å². The minimum atomic E-state index is -0.774. The van der Waals surface area contributed by atoms with Gasteiger partial charge in [0.05, 0.1) is 16.6 Å². The van der Waals surface area contributed by atoms with Crippen LogP contribution in [0.4, 0.5) is 0 Å². The van der Waals surface area contributed by atoms with Gasteiger partial charge in [-0.2, -0.15) is 0 Å². The number of likely N-dealkylation sites (tertiary alicyclic amines) is 1. The number of hydrogen-bond acceptors (Lipinski definition) is 5. The summed E-state index contributed by atoms with van der Waals surface area (Å²) in [7, 11) is 0. The standard InChI is InChI=1S/C28H35N3O4S/c1-2-14-29-15-8-12-21-22(25(29)33)23-26(34)31(17-6-7-18-32)24-27(35)30(16-9-13-28(23,24)36-21)19-20-10-4-3-5-11-20/h3-5,8-13,21-24,32H,2,6-7,14-19H2,1H3/t21-,22+,23-,24?,28-/m0/s1. The second-order valence-electron chi connectivity index (χ2n) is 10.1. The zero-order valence-electron chi connectivity index (χ0n) is 20.8. The Morgan fingerprint density at radius 1 is 0.972 bits per heavy atom. The Kier molecular flexibility index (Phi) is 7.26. The van der Waals surface area contributed by atoms with Gasteiger partial charge in [0, 0.05) is 44.6 Å². The van der Waals surface area contributed by atoms with Crippen molar-refractivity contribution < 1.29 is 19.5 Å². The Bertz CT molecular complexity index is 1060. The van der Waals surface area contributed by atoms with Gasteiger partial charge >= 0.3 is 0 Å². The van der Waals surface area contributed by atoms with E-state index in [0.29, 0.717) is 45.6 Å². The van der Waals surface area contributed by atoms with Crippen molar-refractivity contribution in [2.24, 2.45) is 11.8 Å². The summed E-state index contributed by atoms with van der Waals surface area (Å²) in [6.45, 7) is 4.68. The molecule has 1 N–H and O–H groups in total. The molecule has 2 fully saturated rings. The molecular formula is C28H35N3O4S. The Labute approximate surface area is 217 Å². The molecule has 0 radical (unpaired) electrons. The molecule has 0 bridgehead atoms. The molecule has 8 heteroatoms. The Morgan fingerprint density at radius 2 is 1.75 bits per heavy atom. The van der Waals surface area contributed by atoms with Gasteiger partial charge < -0.3 is 19.8 Å². The fraction of sp³-hybridized carbons (Fsp3) is 0.536. The molecule has 5 rings (SSSR count). The van der Waals surface area contributed by atoms with Crippen LogP contribution in [-0.2, 0) is 20.9 Å². The van der Waals surface area contributed by atoms with Gasteiger partial charge in [-0.15, -0.1) is 11.8 Å². The largest absolute Gasteiger partial charge is 0.396 e. The topological polar surface area (TPSA) is 81.2 Å². The van der Waals surface area contributed by atoms with Crippen molar-refractivity contribution in [2.45, 2.75) is 48.8 Å². The lowest BCUT2D eigenvalue weighted by Crippen LogP contribution is -2.53. The molecule has 0 aromatic heterocycles. The number of aliphatic hydroxyl groups excluding tert-OH is 1. The quantitative estimate of drug-likeness (QED) is 0.430. The highest BCUT2D eigenvalue weighted by Crippen LogP contribution is 2.61. The van der Waals surface area contributed by atoms with Crippen LogP contribution in [0, 0.1) is 11.8 Å². The fourth-order valence-corrected chi connectivity index (χ4v) is 8.29. The average molecular weight is 510 g/mol. The zero-order valence-corrected chi connectivity index (χ0v) is 21.6. The molecule has 1 aromatic rings. The van der Waals surface area contributed by atoms with Crippen LogP contribution in [0.1, 0.15) is 31.7 Å². The molecule has 4 aliphatic heterocycles. The third-order valence-corrected chi connectivity index (χ3v) is 9.59. The number of thioether (sulfide) groups is 1. The highest BCUT2D eigenvalue weighted by Gasteiger charge is 2.70. The summed E-state index contributed by atoms with van der Waals surface area (Å²) in [5, 5.41) is 9.22. The number of benzene rings is 1.